The Bertz CT molecular complexity index is 517. The van der Waals surface area contributed by atoms with Crippen LogP contribution in [0.1, 0.15) is 43.0 Å². The Hall–Kier alpha value is -1.80. The van der Waals surface area contributed by atoms with E-state index in [0.29, 0.717) is 0 Å². The van der Waals surface area contributed by atoms with Crippen LogP contribution >= 0.6 is 0 Å². The zero-order chi connectivity index (χ0) is 15.1. The molecule has 0 spiro atoms. The molecule has 112 valence electrons. The average molecular weight is 283 g/mol. The third kappa shape index (κ3) is 3.64. The lowest BCUT2D eigenvalue weighted by Crippen LogP contribution is -2.24. The van der Waals surface area contributed by atoms with E-state index in [9.17, 15) is 0 Å². The first-order valence-electron chi connectivity index (χ1n) is 7.75. The van der Waals surface area contributed by atoms with Crippen LogP contribution in [0.3, 0.4) is 0 Å². The zero-order valence-electron chi connectivity index (χ0n) is 13.2. The minimum atomic E-state index is 0.178. The highest BCUT2D eigenvalue weighted by molar-refractivity contribution is 5.44. The predicted octanol–water partition coefficient (Wildman–Crippen LogP) is 4.35. The summed E-state index contributed by atoms with van der Waals surface area (Å²) in [7, 11) is 1.74. The third-order valence-electron chi connectivity index (χ3n) is 3.80. The summed E-state index contributed by atoms with van der Waals surface area (Å²) in [4.78, 5) is 0. The van der Waals surface area contributed by atoms with Gasteiger partial charge in [-0.1, -0.05) is 56.3 Å². The van der Waals surface area contributed by atoms with E-state index in [4.69, 9.17) is 4.74 Å². The molecule has 21 heavy (non-hydrogen) atoms. The molecule has 2 aromatic carbocycles. The number of benzene rings is 2. The Morgan fingerprint density at radius 3 is 2.29 bits per heavy atom. The SMILES string of the molecule is CCCNC(c1ccccc1CC)c1ccccc1OC. The van der Waals surface area contributed by atoms with E-state index < -0.39 is 0 Å². The molecule has 0 aliphatic rings. The Morgan fingerprint density at radius 2 is 1.62 bits per heavy atom. The van der Waals surface area contributed by atoms with Gasteiger partial charge in [-0.3, -0.25) is 0 Å². The molecule has 0 aliphatic heterocycles. The lowest BCUT2D eigenvalue weighted by Gasteiger charge is -2.24. The molecule has 0 saturated heterocycles. The van der Waals surface area contributed by atoms with Gasteiger partial charge in [0.05, 0.1) is 13.2 Å². The van der Waals surface area contributed by atoms with Crippen molar-refractivity contribution in [3.05, 3.63) is 65.2 Å². The lowest BCUT2D eigenvalue weighted by molar-refractivity contribution is 0.403. The first-order chi connectivity index (χ1) is 10.3. The molecule has 0 heterocycles. The molecule has 2 rings (SSSR count). The summed E-state index contributed by atoms with van der Waals surface area (Å²) in [5.41, 5.74) is 3.93. The molecule has 0 amide bonds. The van der Waals surface area contributed by atoms with E-state index >= 15 is 0 Å². The fourth-order valence-corrected chi connectivity index (χ4v) is 2.72. The first-order valence-corrected chi connectivity index (χ1v) is 7.75. The Kier molecular flexibility index (Phi) is 5.82. The second kappa shape index (κ2) is 7.84. The number of hydrogen-bond donors (Lipinski definition) is 1. The second-order valence-corrected chi connectivity index (χ2v) is 5.18. The van der Waals surface area contributed by atoms with Gasteiger partial charge in [0.2, 0.25) is 0 Å². The molecule has 2 aromatic rings. The Balaban J connectivity index is 2.47. The molecule has 2 heteroatoms. The number of nitrogens with one attached hydrogen (secondary N) is 1. The van der Waals surface area contributed by atoms with E-state index in [1.165, 1.54) is 16.7 Å². The van der Waals surface area contributed by atoms with Gasteiger partial charge >= 0.3 is 0 Å². The number of hydrogen-bond acceptors (Lipinski definition) is 2. The van der Waals surface area contributed by atoms with Crippen molar-refractivity contribution < 1.29 is 4.74 Å². The van der Waals surface area contributed by atoms with Crippen LogP contribution < -0.4 is 10.1 Å². The van der Waals surface area contributed by atoms with Crippen molar-refractivity contribution in [3.63, 3.8) is 0 Å². The van der Waals surface area contributed by atoms with Crippen LogP contribution in [0, 0.1) is 0 Å². The molecular formula is C19H25NO. The van der Waals surface area contributed by atoms with Crippen LogP contribution in [0.15, 0.2) is 48.5 Å². The van der Waals surface area contributed by atoms with Crippen molar-refractivity contribution in [2.24, 2.45) is 0 Å². The number of rotatable bonds is 7. The average Bonchev–Trinajstić information content (AvgIpc) is 2.56. The van der Waals surface area contributed by atoms with Crippen LogP contribution in [-0.2, 0) is 6.42 Å². The zero-order valence-corrected chi connectivity index (χ0v) is 13.2. The van der Waals surface area contributed by atoms with Crippen molar-refractivity contribution >= 4 is 0 Å². The largest absolute Gasteiger partial charge is 0.496 e. The van der Waals surface area contributed by atoms with Gasteiger partial charge < -0.3 is 10.1 Å². The second-order valence-electron chi connectivity index (χ2n) is 5.18. The van der Waals surface area contributed by atoms with E-state index in [1.54, 1.807) is 7.11 Å². The summed E-state index contributed by atoms with van der Waals surface area (Å²) < 4.78 is 5.56. The van der Waals surface area contributed by atoms with Crippen molar-refractivity contribution in [1.29, 1.82) is 0 Å². The molecule has 0 aromatic heterocycles. The topological polar surface area (TPSA) is 21.3 Å². The van der Waals surface area contributed by atoms with Crippen molar-refractivity contribution in [2.75, 3.05) is 13.7 Å². The highest BCUT2D eigenvalue weighted by atomic mass is 16.5. The molecule has 1 unspecified atom stereocenters. The van der Waals surface area contributed by atoms with Gasteiger partial charge in [0.15, 0.2) is 0 Å². The van der Waals surface area contributed by atoms with Gasteiger partial charge in [0.1, 0.15) is 5.75 Å². The van der Waals surface area contributed by atoms with Crippen LogP contribution in [0.5, 0.6) is 5.75 Å². The Morgan fingerprint density at radius 1 is 0.952 bits per heavy atom. The van der Waals surface area contributed by atoms with E-state index in [0.717, 1.165) is 25.1 Å². The summed E-state index contributed by atoms with van der Waals surface area (Å²) in [5.74, 6) is 0.942. The molecule has 0 saturated carbocycles. The van der Waals surface area contributed by atoms with Crippen LogP contribution in [0.2, 0.25) is 0 Å². The molecule has 2 nitrogen and oxygen atoms in total. The van der Waals surface area contributed by atoms with Crippen molar-refractivity contribution in [1.82, 2.24) is 5.32 Å². The van der Waals surface area contributed by atoms with Gasteiger partial charge in [-0.15, -0.1) is 0 Å². The third-order valence-corrected chi connectivity index (χ3v) is 3.80. The smallest absolute Gasteiger partial charge is 0.123 e. The minimum Gasteiger partial charge on any atom is -0.496 e. The van der Waals surface area contributed by atoms with Gasteiger partial charge in [-0.05, 0) is 36.6 Å². The first kappa shape index (κ1) is 15.6. The van der Waals surface area contributed by atoms with Crippen LogP contribution in [0.4, 0.5) is 0 Å². The van der Waals surface area contributed by atoms with Gasteiger partial charge in [0.25, 0.3) is 0 Å². The highest BCUT2D eigenvalue weighted by Crippen LogP contribution is 2.31. The normalized spacial score (nSPS) is 12.1. The van der Waals surface area contributed by atoms with Crippen molar-refractivity contribution in [2.45, 2.75) is 32.7 Å². The fourth-order valence-electron chi connectivity index (χ4n) is 2.72. The molecular weight excluding hydrogens is 258 g/mol. The van der Waals surface area contributed by atoms with E-state index in [1.807, 2.05) is 12.1 Å². The summed E-state index contributed by atoms with van der Waals surface area (Å²) in [6, 6.07) is 17.1. The van der Waals surface area contributed by atoms with Gasteiger partial charge in [0, 0.05) is 5.56 Å². The molecule has 0 fully saturated rings. The molecule has 1 N–H and O–H groups in total. The number of para-hydroxylation sites is 1. The lowest BCUT2D eigenvalue weighted by atomic mass is 9.92. The Labute approximate surface area is 128 Å². The molecule has 1 atom stereocenters. The number of methoxy groups -OCH3 is 1. The van der Waals surface area contributed by atoms with Crippen molar-refractivity contribution in [3.8, 4) is 5.75 Å². The van der Waals surface area contributed by atoms with E-state index in [-0.39, 0.29) is 6.04 Å². The molecule has 0 bridgehead atoms. The fraction of sp³-hybridized carbons (Fsp3) is 0.368. The van der Waals surface area contributed by atoms with Crippen LogP contribution in [-0.4, -0.2) is 13.7 Å². The monoisotopic (exact) mass is 283 g/mol. The summed E-state index contributed by atoms with van der Waals surface area (Å²) in [6.45, 7) is 5.39. The maximum absolute atomic E-state index is 5.56. The standard InChI is InChI=1S/C19H25NO/c1-4-14-20-19(16-11-7-6-10-15(16)5-2)17-12-8-9-13-18(17)21-3/h6-13,19-20H,4-5,14H2,1-3H3. The quantitative estimate of drug-likeness (QED) is 0.816. The predicted molar refractivity (Wildman–Crippen MR) is 89.0 cm³/mol. The summed E-state index contributed by atoms with van der Waals surface area (Å²) in [6.07, 6.45) is 2.15. The van der Waals surface area contributed by atoms with Gasteiger partial charge in [-0.2, -0.15) is 0 Å². The number of aryl methyl sites for hydroxylation is 1. The molecule has 0 radical (unpaired) electrons. The maximum atomic E-state index is 5.56. The van der Waals surface area contributed by atoms with Gasteiger partial charge in [-0.25, -0.2) is 0 Å². The summed E-state index contributed by atoms with van der Waals surface area (Å²) >= 11 is 0. The minimum absolute atomic E-state index is 0.178. The number of ether oxygens (including phenoxy) is 1. The van der Waals surface area contributed by atoms with E-state index in [2.05, 4.69) is 55.6 Å². The van der Waals surface area contributed by atoms with Crippen LogP contribution in [0.25, 0.3) is 0 Å². The summed E-state index contributed by atoms with van der Waals surface area (Å²) in [5, 5.41) is 3.67. The maximum Gasteiger partial charge on any atom is 0.123 e. The highest BCUT2D eigenvalue weighted by Gasteiger charge is 2.19. The molecule has 0 aliphatic carbocycles.